The summed E-state index contributed by atoms with van der Waals surface area (Å²) < 4.78 is 1.96. The molecule has 2 aliphatic rings. The fourth-order valence-corrected chi connectivity index (χ4v) is 3.77. The molecule has 0 atom stereocenters. The third-order valence-electron chi connectivity index (χ3n) is 5.35. The fraction of sp³-hybridized carbons (Fsp3) is 0.364. The van der Waals surface area contributed by atoms with Crippen LogP contribution in [-0.2, 0) is 18.4 Å². The first kappa shape index (κ1) is 18.3. The van der Waals surface area contributed by atoms with Gasteiger partial charge in [0.1, 0.15) is 5.82 Å². The summed E-state index contributed by atoms with van der Waals surface area (Å²) in [5.41, 5.74) is 3.10. The number of amides is 1. The van der Waals surface area contributed by atoms with E-state index in [-0.39, 0.29) is 5.91 Å². The van der Waals surface area contributed by atoms with Gasteiger partial charge in [0.15, 0.2) is 0 Å². The summed E-state index contributed by atoms with van der Waals surface area (Å²) in [6.07, 6.45) is 4.57. The second-order valence-electron chi connectivity index (χ2n) is 7.35. The number of carbonyl (C=O) groups excluding carboxylic acids is 1. The van der Waals surface area contributed by atoms with E-state index in [9.17, 15) is 4.79 Å². The zero-order valence-electron chi connectivity index (χ0n) is 16.4. The molecule has 0 radical (unpaired) electrons. The maximum absolute atomic E-state index is 13.1. The third kappa shape index (κ3) is 3.80. The smallest absolute Gasteiger partial charge is 0.254 e. The number of rotatable bonds is 3. The van der Waals surface area contributed by atoms with Gasteiger partial charge in [0.2, 0.25) is 0 Å². The molecule has 0 bridgehead atoms. The predicted molar refractivity (Wildman–Crippen MR) is 108 cm³/mol. The van der Waals surface area contributed by atoms with E-state index in [1.807, 2.05) is 53.0 Å². The lowest BCUT2D eigenvalue weighted by atomic mass is 10.0. The SMILES string of the molecule is CN1CN(Cc2nccn2C)C(=O)C2=C1CCN(CC#Cc1ccccc1)C2. The average molecular weight is 375 g/mol. The number of carbonyl (C=O) groups is 1. The Bertz CT molecular complexity index is 950. The van der Waals surface area contributed by atoms with Gasteiger partial charge < -0.3 is 14.4 Å². The van der Waals surface area contributed by atoms with Crippen LogP contribution < -0.4 is 0 Å². The van der Waals surface area contributed by atoms with Crippen LogP contribution in [0.15, 0.2) is 54.0 Å². The number of aryl methyl sites for hydroxylation is 1. The Morgan fingerprint density at radius 1 is 1.18 bits per heavy atom. The van der Waals surface area contributed by atoms with E-state index in [4.69, 9.17) is 0 Å². The van der Waals surface area contributed by atoms with Crippen LogP contribution in [0.25, 0.3) is 0 Å². The maximum atomic E-state index is 13.1. The third-order valence-corrected chi connectivity index (χ3v) is 5.35. The van der Waals surface area contributed by atoms with Gasteiger partial charge in [-0.1, -0.05) is 30.0 Å². The number of hydrogen-bond donors (Lipinski definition) is 0. The molecule has 1 aromatic carbocycles. The van der Waals surface area contributed by atoms with Gasteiger partial charge in [0.05, 0.1) is 25.3 Å². The quantitative estimate of drug-likeness (QED) is 0.766. The molecule has 2 aromatic rings. The van der Waals surface area contributed by atoms with Crippen LogP contribution in [0.4, 0.5) is 0 Å². The molecule has 1 aromatic heterocycles. The number of hydrogen-bond acceptors (Lipinski definition) is 4. The van der Waals surface area contributed by atoms with Crippen molar-refractivity contribution < 1.29 is 4.79 Å². The molecule has 0 saturated heterocycles. The first-order valence-electron chi connectivity index (χ1n) is 9.56. The molecule has 144 valence electrons. The van der Waals surface area contributed by atoms with Crippen LogP contribution in [0.5, 0.6) is 0 Å². The van der Waals surface area contributed by atoms with Gasteiger partial charge in [0.25, 0.3) is 5.91 Å². The van der Waals surface area contributed by atoms with Crippen molar-refractivity contribution in [2.24, 2.45) is 7.05 Å². The van der Waals surface area contributed by atoms with Gasteiger partial charge in [0, 0.05) is 57.3 Å². The lowest BCUT2D eigenvalue weighted by Crippen LogP contribution is -2.50. The molecule has 2 aliphatic heterocycles. The van der Waals surface area contributed by atoms with Gasteiger partial charge in [-0.25, -0.2) is 4.98 Å². The molecule has 28 heavy (non-hydrogen) atoms. The largest absolute Gasteiger partial charge is 0.360 e. The summed E-state index contributed by atoms with van der Waals surface area (Å²) in [6.45, 7) is 3.38. The molecule has 0 fully saturated rings. The minimum atomic E-state index is 0.122. The van der Waals surface area contributed by atoms with Gasteiger partial charge in [-0.15, -0.1) is 0 Å². The molecule has 4 rings (SSSR count). The predicted octanol–water partition coefficient (Wildman–Crippen LogP) is 1.66. The molecule has 0 spiro atoms. The van der Waals surface area contributed by atoms with Crippen molar-refractivity contribution in [1.82, 2.24) is 24.3 Å². The summed E-state index contributed by atoms with van der Waals surface area (Å²) in [7, 11) is 4.02. The minimum absolute atomic E-state index is 0.122. The van der Waals surface area contributed by atoms with E-state index in [1.165, 1.54) is 5.70 Å². The zero-order chi connectivity index (χ0) is 19.5. The molecule has 6 heteroatoms. The fourth-order valence-electron chi connectivity index (χ4n) is 3.77. The Kier molecular flexibility index (Phi) is 5.18. The molecule has 1 amide bonds. The Morgan fingerprint density at radius 2 is 2.00 bits per heavy atom. The molecule has 0 saturated carbocycles. The summed E-state index contributed by atoms with van der Waals surface area (Å²) in [4.78, 5) is 23.8. The van der Waals surface area contributed by atoms with Gasteiger partial charge in [-0.3, -0.25) is 9.69 Å². The summed E-state index contributed by atoms with van der Waals surface area (Å²) in [5.74, 6) is 7.47. The molecule has 0 aliphatic carbocycles. The van der Waals surface area contributed by atoms with Crippen LogP contribution in [-0.4, -0.2) is 63.5 Å². The van der Waals surface area contributed by atoms with Crippen molar-refractivity contribution in [1.29, 1.82) is 0 Å². The van der Waals surface area contributed by atoms with Crippen molar-refractivity contribution in [3.63, 3.8) is 0 Å². The van der Waals surface area contributed by atoms with Crippen molar-refractivity contribution in [3.8, 4) is 11.8 Å². The Balaban J connectivity index is 1.45. The van der Waals surface area contributed by atoms with Gasteiger partial charge in [-0.05, 0) is 12.1 Å². The van der Waals surface area contributed by atoms with E-state index in [1.54, 1.807) is 6.20 Å². The zero-order valence-corrected chi connectivity index (χ0v) is 16.4. The minimum Gasteiger partial charge on any atom is -0.360 e. The van der Waals surface area contributed by atoms with Gasteiger partial charge in [-0.2, -0.15) is 0 Å². The highest BCUT2D eigenvalue weighted by Gasteiger charge is 2.33. The first-order valence-corrected chi connectivity index (χ1v) is 9.56. The standard InChI is InChI=1S/C22H25N5O/c1-24-14-11-23-21(24)16-27-17-25(2)20-10-13-26(15-19(20)22(27)28)12-6-9-18-7-4-3-5-8-18/h3-5,7-8,11,14H,10,12-13,15-17H2,1-2H3. The van der Waals surface area contributed by atoms with Gasteiger partial charge >= 0.3 is 0 Å². The number of nitrogens with zero attached hydrogens (tertiary/aromatic N) is 5. The van der Waals surface area contributed by atoms with E-state index in [0.717, 1.165) is 29.9 Å². The highest BCUT2D eigenvalue weighted by molar-refractivity contribution is 5.95. The average Bonchev–Trinajstić information content (AvgIpc) is 3.11. The molecular weight excluding hydrogens is 350 g/mol. The Hall–Kier alpha value is -3.04. The van der Waals surface area contributed by atoms with Crippen LogP contribution in [0, 0.1) is 11.8 Å². The highest BCUT2D eigenvalue weighted by Crippen LogP contribution is 2.27. The normalized spacial score (nSPS) is 17.4. The topological polar surface area (TPSA) is 44.6 Å². The van der Waals surface area contributed by atoms with E-state index in [0.29, 0.717) is 26.3 Å². The lowest BCUT2D eigenvalue weighted by Gasteiger charge is -2.41. The number of imidazole rings is 1. The van der Waals surface area contributed by atoms with E-state index >= 15 is 0 Å². The summed E-state index contributed by atoms with van der Waals surface area (Å²) in [5, 5.41) is 0. The van der Waals surface area contributed by atoms with E-state index in [2.05, 4.69) is 33.7 Å². The molecule has 6 nitrogen and oxygen atoms in total. The van der Waals surface area contributed by atoms with Crippen LogP contribution in [0.1, 0.15) is 17.8 Å². The molecule has 0 unspecified atom stereocenters. The van der Waals surface area contributed by atoms with Crippen molar-refractivity contribution >= 4 is 5.91 Å². The van der Waals surface area contributed by atoms with Crippen LogP contribution in [0.2, 0.25) is 0 Å². The molecule has 3 heterocycles. The highest BCUT2D eigenvalue weighted by atomic mass is 16.2. The van der Waals surface area contributed by atoms with Crippen molar-refractivity contribution in [2.75, 3.05) is 33.4 Å². The van der Waals surface area contributed by atoms with Crippen LogP contribution >= 0.6 is 0 Å². The molecule has 0 N–H and O–H groups in total. The van der Waals surface area contributed by atoms with E-state index < -0.39 is 0 Å². The van der Waals surface area contributed by atoms with Crippen LogP contribution in [0.3, 0.4) is 0 Å². The lowest BCUT2D eigenvalue weighted by molar-refractivity contribution is -0.132. The first-order chi connectivity index (χ1) is 13.6. The molecular formula is C22H25N5O. The second-order valence-corrected chi connectivity index (χ2v) is 7.35. The maximum Gasteiger partial charge on any atom is 0.254 e. The second kappa shape index (κ2) is 7.91. The number of benzene rings is 1. The Morgan fingerprint density at radius 3 is 2.75 bits per heavy atom. The summed E-state index contributed by atoms with van der Waals surface area (Å²) >= 11 is 0. The van der Waals surface area contributed by atoms with Crippen molar-refractivity contribution in [2.45, 2.75) is 13.0 Å². The summed E-state index contributed by atoms with van der Waals surface area (Å²) in [6, 6.07) is 10.0. The monoisotopic (exact) mass is 375 g/mol. The van der Waals surface area contributed by atoms with Crippen molar-refractivity contribution in [3.05, 3.63) is 65.4 Å². The Labute approximate surface area is 166 Å². The number of aromatic nitrogens is 2.